The van der Waals surface area contributed by atoms with Crippen LogP contribution in [0.4, 0.5) is 11.4 Å². The molecule has 6 nitrogen and oxygen atoms in total. The lowest BCUT2D eigenvalue weighted by molar-refractivity contribution is -0.118. The Labute approximate surface area is 133 Å². The summed E-state index contributed by atoms with van der Waals surface area (Å²) in [6, 6.07) is 12.4. The fourth-order valence-corrected chi connectivity index (χ4v) is 2.32. The molecule has 23 heavy (non-hydrogen) atoms. The molecule has 0 atom stereocenters. The van der Waals surface area contributed by atoms with Crippen LogP contribution in [0.5, 0.6) is 5.75 Å². The van der Waals surface area contributed by atoms with Gasteiger partial charge in [-0.15, -0.1) is 0 Å². The second kappa shape index (κ2) is 6.50. The first kappa shape index (κ1) is 15.1. The Hall–Kier alpha value is -2.86. The number of carbonyl (C=O) groups excluding carboxylic acids is 2. The quantitative estimate of drug-likeness (QED) is 0.909. The number of amides is 2. The van der Waals surface area contributed by atoms with Gasteiger partial charge in [-0.05, 0) is 35.9 Å². The van der Waals surface area contributed by atoms with Gasteiger partial charge < -0.3 is 20.1 Å². The molecule has 0 aliphatic carbocycles. The van der Waals surface area contributed by atoms with E-state index in [0.717, 1.165) is 5.56 Å². The van der Waals surface area contributed by atoms with Crippen LogP contribution in [0.3, 0.4) is 0 Å². The van der Waals surface area contributed by atoms with E-state index in [1.54, 1.807) is 25.3 Å². The molecule has 0 fully saturated rings. The van der Waals surface area contributed by atoms with Gasteiger partial charge in [0.25, 0.3) is 11.8 Å². The average molecular weight is 312 g/mol. The van der Waals surface area contributed by atoms with Crippen molar-refractivity contribution in [3.05, 3.63) is 53.6 Å². The van der Waals surface area contributed by atoms with E-state index in [0.29, 0.717) is 29.3 Å². The molecule has 3 rings (SSSR count). The van der Waals surface area contributed by atoms with Crippen molar-refractivity contribution in [2.45, 2.75) is 6.61 Å². The van der Waals surface area contributed by atoms with Crippen LogP contribution >= 0.6 is 0 Å². The third-order valence-corrected chi connectivity index (χ3v) is 3.37. The predicted molar refractivity (Wildman–Crippen MR) is 85.7 cm³/mol. The van der Waals surface area contributed by atoms with Crippen LogP contribution in [0.2, 0.25) is 0 Å². The van der Waals surface area contributed by atoms with E-state index < -0.39 is 0 Å². The summed E-state index contributed by atoms with van der Waals surface area (Å²) in [4.78, 5) is 23.6. The van der Waals surface area contributed by atoms with Gasteiger partial charge >= 0.3 is 0 Å². The van der Waals surface area contributed by atoms with Crippen molar-refractivity contribution in [1.29, 1.82) is 0 Å². The van der Waals surface area contributed by atoms with Crippen LogP contribution < -0.4 is 15.4 Å². The van der Waals surface area contributed by atoms with Gasteiger partial charge in [0, 0.05) is 18.4 Å². The maximum absolute atomic E-state index is 12.3. The minimum absolute atomic E-state index is 0.0445. The van der Waals surface area contributed by atoms with E-state index in [4.69, 9.17) is 9.47 Å². The number of ether oxygens (including phenoxy) is 2. The average Bonchev–Trinajstić information content (AvgIpc) is 2.55. The smallest absolute Gasteiger partial charge is 0.262 e. The number of hydrogen-bond acceptors (Lipinski definition) is 4. The van der Waals surface area contributed by atoms with Gasteiger partial charge in [0.05, 0.1) is 12.3 Å². The van der Waals surface area contributed by atoms with Gasteiger partial charge in [-0.3, -0.25) is 9.59 Å². The lowest BCUT2D eigenvalue weighted by atomic mass is 10.1. The van der Waals surface area contributed by atoms with Crippen LogP contribution in [-0.4, -0.2) is 25.5 Å². The second-order valence-corrected chi connectivity index (χ2v) is 5.14. The summed E-state index contributed by atoms with van der Waals surface area (Å²) in [6.45, 7) is 0.438. The van der Waals surface area contributed by atoms with Crippen LogP contribution in [0, 0.1) is 0 Å². The molecular formula is C17H16N2O4. The number of carbonyl (C=O) groups is 2. The highest BCUT2D eigenvalue weighted by Gasteiger charge is 2.17. The normalized spacial score (nSPS) is 12.8. The molecule has 1 aliphatic heterocycles. The largest absolute Gasteiger partial charge is 0.482 e. The van der Waals surface area contributed by atoms with E-state index >= 15 is 0 Å². The fourth-order valence-electron chi connectivity index (χ4n) is 2.32. The topological polar surface area (TPSA) is 76.7 Å². The minimum atomic E-state index is -0.247. The van der Waals surface area contributed by atoms with Crippen molar-refractivity contribution >= 4 is 23.2 Å². The zero-order chi connectivity index (χ0) is 16.2. The first-order chi connectivity index (χ1) is 11.2. The Balaban J connectivity index is 1.76. The summed E-state index contributed by atoms with van der Waals surface area (Å²) in [5, 5.41) is 5.52. The van der Waals surface area contributed by atoms with Crippen LogP contribution in [0.15, 0.2) is 42.5 Å². The molecule has 2 aromatic carbocycles. The number of anilines is 2. The first-order valence-corrected chi connectivity index (χ1v) is 7.11. The summed E-state index contributed by atoms with van der Waals surface area (Å²) >= 11 is 0. The number of rotatable bonds is 4. The second-order valence-electron chi connectivity index (χ2n) is 5.14. The molecule has 0 aromatic heterocycles. The molecule has 6 heteroatoms. The van der Waals surface area contributed by atoms with E-state index in [2.05, 4.69) is 10.6 Å². The third-order valence-electron chi connectivity index (χ3n) is 3.37. The highest BCUT2D eigenvalue weighted by atomic mass is 16.5. The molecule has 0 unspecified atom stereocenters. The van der Waals surface area contributed by atoms with E-state index in [-0.39, 0.29) is 18.4 Å². The molecule has 0 bridgehead atoms. The van der Waals surface area contributed by atoms with Gasteiger partial charge in [-0.2, -0.15) is 0 Å². The third kappa shape index (κ3) is 3.49. The summed E-state index contributed by atoms with van der Waals surface area (Å²) in [5.41, 5.74) is 2.69. The van der Waals surface area contributed by atoms with Gasteiger partial charge in [0.15, 0.2) is 6.61 Å². The summed E-state index contributed by atoms with van der Waals surface area (Å²) in [7, 11) is 1.62. The summed E-state index contributed by atoms with van der Waals surface area (Å²) in [5.74, 6) is 0.0397. The Bertz CT molecular complexity index is 758. The maximum atomic E-state index is 12.3. The molecule has 1 aliphatic rings. The van der Waals surface area contributed by atoms with Gasteiger partial charge in [0.1, 0.15) is 5.75 Å². The standard InChI is InChI=1S/C17H16N2O4/c1-22-9-11-3-2-4-13(7-11)18-17(21)12-5-6-14-15(8-12)23-10-16(20)19-14/h2-8H,9-10H2,1H3,(H,18,21)(H,19,20). The monoisotopic (exact) mass is 312 g/mol. The lowest BCUT2D eigenvalue weighted by Gasteiger charge is -2.18. The predicted octanol–water partition coefficient (Wildman–Crippen LogP) is 2.42. The van der Waals surface area contributed by atoms with Crippen LogP contribution in [-0.2, 0) is 16.1 Å². The molecular weight excluding hydrogens is 296 g/mol. The van der Waals surface area contributed by atoms with Gasteiger partial charge in [-0.1, -0.05) is 12.1 Å². The molecule has 2 aromatic rings. The number of hydrogen-bond donors (Lipinski definition) is 2. The highest BCUT2D eigenvalue weighted by molar-refractivity contribution is 6.05. The van der Waals surface area contributed by atoms with E-state index in [1.165, 1.54) is 0 Å². The molecule has 118 valence electrons. The molecule has 0 spiro atoms. The Morgan fingerprint density at radius 3 is 3.00 bits per heavy atom. The zero-order valence-corrected chi connectivity index (χ0v) is 12.6. The summed E-state index contributed by atoms with van der Waals surface area (Å²) < 4.78 is 10.4. The Morgan fingerprint density at radius 2 is 2.17 bits per heavy atom. The van der Waals surface area contributed by atoms with Crippen molar-refractivity contribution < 1.29 is 19.1 Å². The highest BCUT2D eigenvalue weighted by Crippen LogP contribution is 2.28. The van der Waals surface area contributed by atoms with Crippen LogP contribution in [0.25, 0.3) is 0 Å². The first-order valence-electron chi connectivity index (χ1n) is 7.11. The van der Waals surface area contributed by atoms with Crippen molar-refractivity contribution in [1.82, 2.24) is 0 Å². The van der Waals surface area contributed by atoms with Crippen LogP contribution in [0.1, 0.15) is 15.9 Å². The number of fused-ring (bicyclic) bond motifs is 1. The Kier molecular flexibility index (Phi) is 4.25. The Morgan fingerprint density at radius 1 is 1.30 bits per heavy atom. The number of nitrogens with one attached hydrogen (secondary N) is 2. The SMILES string of the molecule is COCc1cccc(NC(=O)c2ccc3c(c2)OCC(=O)N3)c1. The van der Waals surface area contributed by atoms with Crippen molar-refractivity contribution in [3.63, 3.8) is 0 Å². The van der Waals surface area contributed by atoms with Crippen molar-refractivity contribution in [3.8, 4) is 5.75 Å². The molecule has 0 saturated heterocycles. The van der Waals surface area contributed by atoms with Crippen molar-refractivity contribution in [2.75, 3.05) is 24.4 Å². The van der Waals surface area contributed by atoms with Crippen molar-refractivity contribution in [2.24, 2.45) is 0 Å². The molecule has 2 amide bonds. The van der Waals surface area contributed by atoms with E-state index in [1.807, 2.05) is 24.3 Å². The molecule has 0 radical (unpaired) electrons. The zero-order valence-electron chi connectivity index (χ0n) is 12.6. The van der Waals surface area contributed by atoms with Gasteiger partial charge in [-0.25, -0.2) is 0 Å². The number of methoxy groups -OCH3 is 1. The van der Waals surface area contributed by atoms with E-state index in [9.17, 15) is 9.59 Å². The van der Waals surface area contributed by atoms with Gasteiger partial charge in [0.2, 0.25) is 0 Å². The fraction of sp³-hybridized carbons (Fsp3) is 0.176. The summed E-state index contributed by atoms with van der Waals surface area (Å²) in [6.07, 6.45) is 0. The molecule has 1 heterocycles. The lowest BCUT2D eigenvalue weighted by Crippen LogP contribution is -2.25. The maximum Gasteiger partial charge on any atom is 0.262 e. The number of benzene rings is 2. The molecule has 0 saturated carbocycles. The molecule has 2 N–H and O–H groups in total. The minimum Gasteiger partial charge on any atom is -0.482 e.